The van der Waals surface area contributed by atoms with E-state index in [1.807, 2.05) is 30.3 Å². The van der Waals surface area contributed by atoms with Gasteiger partial charge in [0, 0.05) is 0 Å². The van der Waals surface area contributed by atoms with Gasteiger partial charge in [-0.15, -0.1) is 0 Å². The average molecular weight is 231 g/mol. The van der Waals surface area contributed by atoms with E-state index < -0.39 is 12.2 Å². The van der Waals surface area contributed by atoms with Crippen molar-refractivity contribution in [2.24, 2.45) is 0 Å². The molecule has 1 aromatic rings. The molecule has 0 saturated carbocycles. The predicted octanol–water partition coefficient (Wildman–Crippen LogP) is 3.16. The van der Waals surface area contributed by atoms with Crippen LogP contribution in [0.4, 0.5) is 13.2 Å². The Labute approximate surface area is 93.7 Å². The SMILES string of the molecule is CNC(CCCc1ccccc1)C(F)(F)F. The van der Waals surface area contributed by atoms with E-state index in [1.165, 1.54) is 7.05 Å². The summed E-state index contributed by atoms with van der Waals surface area (Å²) in [7, 11) is 1.35. The average Bonchev–Trinajstić information content (AvgIpc) is 2.24. The predicted molar refractivity (Wildman–Crippen MR) is 58.3 cm³/mol. The van der Waals surface area contributed by atoms with E-state index in [0.29, 0.717) is 12.8 Å². The maximum atomic E-state index is 12.4. The molecule has 1 aromatic carbocycles. The highest BCUT2D eigenvalue weighted by atomic mass is 19.4. The smallest absolute Gasteiger partial charge is 0.309 e. The van der Waals surface area contributed by atoms with Crippen molar-refractivity contribution in [3.63, 3.8) is 0 Å². The molecule has 0 aromatic heterocycles. The molecule has 1 unspecified atom stereocenters. The number of aryl methyl sites for hydroxylation is 1. The largest absolute Gasteiger partial charge is 0.403 e. The second-order valence-corrected chi connectivity index (χ2v) is 3.76. The summed E-state index contributed by atoms with van der Waals surface area (Å²) in [5, 5.41) is 2.30. The van der Waals surface area contributed by atoms with Gasteiger partial charge in [-0.25, -0.2) is 0 Å². The van der Waals surface area contributed by atoms with Crippen molar-refractivity contribution in [2.45, 2.75) is 31.5 Å². The fraction of sp³-hybridized carbons (Fsp3) is 0.500. The first kappa shape index (κ1) is 13.0. The van der Waals surface area contributed by atoms with Gasteiger partial charge in [-0.2, -0.15) is 13.2 Å². The number of hydrogen-bond donors (Lipinski definition) is 1. The van der Waals surface area contributed by atoms with Crippen LogP contribution in [0.1, 0.15) is 18.4 Å². The van der Waals surface area contributed by atoms with Crippen molar-refractivity contribution in [3.05, 3.63) is 35.9 Å². The summed E-state index contributed by atoms with van der Waals surface area (Å²) >= 11 is 0. The minimum absolute atomic E-state index is 0.120. The third kappa shape index (κ3) is 4.23. The van der Waals surface area contributed by atoms with Crippen LogP contribution in [-0.2, 0) is 6.42 Å². The second kappa shape index (κ2) is 5.89. The van der Waals surface area contributed by atoms with E-state index in [4.69, 9.17) is 0 Å². The summed E-state index contributed by atoms with van der Waals surface area (Å²) in [5.41, 5.74) is 1.08. The lowest BCUT2D eigenvalue weighted by Crippen LogP contribution is -2.40. The summed E-state index contributed by atoms with van der Waals surface area (Å²) in [4.78, 5) is 0. The van der Waals surface area contributed by atoms with Crippen molar-refractivity contribution in [1.29, 1.82) is 0 Å². The van der Waals surface area contributed by atoms with E-state index >= 15 is 0 Å². The fourth-order valence-electron chi connectivity index (χ4n) is 1.63. The fourth-order valence-corrected chi connectivity index (χ4v) is 1.63. The second-order valence-electron chi connectivity index (χ2n) is 3.76. The van der Waals surface area contributed by atoms with Gasteiger partial charge in [0.25, 0.3) is 0 Å². The van der Waals surface area contributed by atoms with Crippen LogP contribution in [0.2, 0.25) is 0 Å². The quantitative estimate of drug-likeness (QED) is 0.820. The molecule has 0 bridgehead atoms. The van der Waals surface area contributed by atoms with Crippen molar-refractivity contribution < 1.29 is 13.2 Å². The monoisotopic (exact) mass is 231 g/mol. The van der Waals surface area contributed by atoms with Gasteiger partial charge in [-0.1, -0.05) is 30.3 Å². The van der Waals surface area contributed by atoms with E-state index in [1.54, 1.807) is 0 Å². The zero-order chi connectivity index (χ0) is 12.0. The summed E-state index contributed by atoms with van der Waals surface area (Å²) in [5.74, 6) is 0. The topological polar surface area (TPSA) is 12.0 Å². The molecular formula is C12H16F3N. The van der Waals surface area contributed by atoms with E-state index in [2.05, 4.69) is 5.32 Å². The summed E-state index contributed by atoms with van der Waals surface area (Å²) in [6, 6.07) is 8.17. The molecule has 0 aliphatic heterocycles. The van der Waals surface area contributed by atoms with Crippen LogP contribution in [0.25, 0.3) is 0 Å². The van der Waals surface area contributed by atoms with Gasteiger partial charge in [-0.3, -0.25) is 0 Å². The molecule has 1 rings (SSSR count). The third-order valence-electron chi connectivity index (χ3n) is 2.54. The van der Waals surface area contributed by atoms with Crippen LogP contribution in [0.5, 0.6) is 0 Å². The van der Waals surface area contributed by atoms with Crippen LogP contribution in [0.15, 0.2) is 30.3 Å². The summed E-state index contributed by atoms with van der Waals surface area (Å²) in [6.07, 6.45) is -2.80. The zero-order valence-corrected chi connectivity index (χ0v) is 9.22. The molecule has 0 aliphatic rings. The molecule has 1 nitrogen and oxygen atoms in total. The van der Waals surface area contributed by atoms with Crippen molar-refractivity contribution >= 4 is 0 Å². The molecule has 0 saturated heterocycles. The van der Waals surface area contributed by atoms with Gasteiger partial charge < -0.3 is 5.32 Å². The van der Waals surface area contributed by atoms with Gasteiger partial charge in [0.05, 0.1) is 0 Å². The highest BCUT2D eigenvalue weighted by Gasteiger charge is 2.37. The Hall–Kier alpha value is -1.03. The van der Waals surface area contributed by atoms with Crippen molar-refractivity contribution in [3.8, 4) is 0 Å². The molecule has 0 fully saturated rings. The number of nitrogens with one attached hydrogen (secondary N) is 1. The maximum Gasteiger partial charge on any atom is 0.403 e. The van der Waals surface area contributed by atoms with E-state index in [-0.39, 0.29) is 6.42 Å². The Balaban J connectivity index is 2.35. The molecular weight excluding hydrogens is 215 g/mol. The van der Waals surface area contributed by atoms with Gasteiger partial charge in [0.15, 0.2) is 0 Å². The molecule has 1 atom stereocenters. The van der Waals surface area contributed by atoms with Crippen LogP contribution >= 0.6 is 0 Å². The minimum Gasteiger partial charge on any atom is -0.309 e. The molecule has 1 N–H and O–H groups in total. The molecule has 0 heterocycles. The van der Waals surface area contributed by atoms with E-state index in [0.717, 1.165) is 5.56 Å². The molecule has 0 spiro atoms. The van der Waals surface area contributed by atoms with Gasteiger partial charge in [0.2, 0.25) is 0 Å². The molecule has 0 radical (unpaired) electrons. The van der Waals surface area contributed by atoms with Crippen molar-refractivity contribution in [1.82, 2.24) is 5.32 Å². The zero-order valence-electron chi connectivity index (χ0n) is 9.22. The van der Waals surface area contributed by atoms with Crippen LogP contribution < -0.4 is 5.32 Å². The lowest BCUT2D eigenvalue weighted by molar-refractivity contribution is -0.156. The summed E-state index contributed by atoms with van der Waals surface area (Å²) < 4.78 is 37.2. The molecule has 16 heavy (non-hydrogen) atoms. The Morgan fingerprint density at radius 2 is 1.81 bits per heavy atom. The van der Waals surface area contributed by atoms with Gasteiger partial charge >= 0.3 is 6.18 Å². The van der Waals surface area contributed by atoms with Crippen LogP contribution in [0, 0.1) is 0 Å². The van der Waals surface area contributed by atoms with E-state index in [9.17, 15) is 13.2 Å². The Bertz CT molecular complexity index is 295. The Morgan fingerprint density at radius 3 is 2.31 bits per heavy atom. The lowest BCUT2D eigenvalue weighted by Gasteiger charge is -2.19. The third-order valence-corrected chi connectivity index (χ3v) is 2.54. The van der Waals surface area contributed by atoms with Gasteiger partial charge in [0.1, 0.15) is 6.04 Å². The Kier molecular flexibility index (Phi) is 4.80. The first-order valence-corrected chi connectivity index (χ1v) is 5.32. The molecule has 4 heteroatoms. The van der Waals surface area contributed by atoms with Crippen LogP contribution in [0.3, 0.4) is 0 Å². The van der Waals surface area contributed by atoms with Crippen LogP contribution in [-0.4, -0.2) is 19.3 Å². The number of halogens is 3. The first-order chi connectivity index (χ1) is 7.54. The molecule has 90 valence electrons. The minimum atomic E-state index is -4.15. The standard InChI is InChI=1S/C12H16F3N/c1-16-11(12(13,14)15)9-5-8-10-6-3-2-4-7-10/h2-4,6-7,11,16H,5,8-9H2,1H3. The number of hydrogen-bond acceptors (Lipinski definition) is 1. The Morgan fingerprint density at radius 1 is 1.19 bits per heavy atom. The highest BCUT2D eigenvalue weighted by Crippen LogP contribution is 2.23. The number of benzene rings is 1. The number of rotatable bonds is 5. The first-order valence-electron chi connectivity index (χ1n) is 5.32. The van der Waals surface area contributed by atoms with Gasteiger partial charge in [-0.05, 0) is 31.9 Å². The maximum absolute atomic E-state index is 12.4. The molecule has 0 aliphatic carbocycles. The summed E-state index contributed by atoms with van der Waals surface area (Å²) in [6.45, 7) is 0. The van der Waals surface area contributed by atoms with Crippen molar-refractivity contribution in [2.75, 3.05) is 7.05 Å². The number of alkyl halides is 3. The highest BCUT2D eigenvalue weighted by molar-refractivity contribution is 5.14. The lowest BCUT2D eigenvalue weighted by atomic mass is 10.0. The normalized spacial score (nSPS) is 13.8. The molecule has 0 amide bonds.